The Hall–Kier alpha value is -3.00. The van der Waals surface area contributed by atoms with Crippen LogP contribution in [0, 0.1) is 42.9 Å². The summed E-state index contributed by atoms with van der Waals surface area (Å²) in [4.78, 5) is 12.8. The second-order valence-electron chi connectivity index (χ2n) is 11.7. The SMILES string of the molecule is Cc1cc(/C=C(\C#N)C(=O)Nc2ccc(Cl)c(Cl)c2)c(C)n1-c1ccc(C23CC4CC(CC(C4)C2)C3)cc1. The van der Waals surface area contributed by atoms with Gasteiger partial charge in [0.1, 0.15) is 11.6 Å². The zero-order chi connectivity index (χ0) is 26.6. The lowest BCUT2D eigenvalue weighted by Crippen LogP contribution is -2.48. The van der Waals surface area contributed by atoms with E-state index in [1.54, 1.807) is 24.3 Å². The van der Waals surface area contributed by atoms with Crippen LogP contribution in [0.4, 0.5) is 5.69 Å². The number of hydrogen-bond donors (Lipinski definition) is 1. The Labute approximate surface area is 234 Å². The van der Waals surface area contributed by atoms with Crippen molar-refractivity contribution in [3.05, 3.63) is 86.7 Å². The van der Waals surface area contributed by atoms with E-state index in [2.05, 4.69) is 41.1 Å². The van der Waals surface area contributed by atoms with Crippen molar-refractivity contribution < 1.29 is 4.79 Å². The normalized spacial score (nSPS) is 25.9. The quantitative estimate of drug-likeness (QED) is 0.259. The molecule has 6 heteroatoms. The molecule has 3 aromatic rings. The van der Waals surface area contributed by atoms with E-state index in [9.17, 15) is 10.1 Å². The molecule has 4 aliphatic rings. The molecule has 2 aromatic carbocycles. The van der Waals surface area contributed by atoms with Crippen LogP contribution >= 0.6 is 23.2 Å². The number of nitrogens with zero attached hydrogens (tertiary/aromatic N) is 2. The zero-order valence-electron chi connectivity index (χ0n) is 21.7. The predicted octanol–water partition coefficient (Wildman–Crippen LogP) is 8.41. The van der Waals surface area contributed by atoms with Gasteiger partial charge in [-0.3, -0.25) is 4.79 Å². The Morgan fingerprint density at radius 2 is 1.61 bits per heavy atom. The topological polar surface area (TPSA) is 57.8 Å². The lowest BCUT2D eigenvalue weighted by Gasteiger charge is -2.57. The van der Waals surface area contributed by atoms with E-state index in [-0.39, 0.29) is 5.57 Å². The molecular formula is C32H31Cl2N3O. The largest absolute Gasteiger partial charge is 0.321 e. The van der Waals surface area contributed by atoms with Gasteiger partial charge in [0.05, 0.1) is 10.0 Å². The Kier molecular flexibility index (Phi) is 6.41. The lowest BCUT2D eigenvalue weighted by molar-refractivity contribution is -0.112. The molecule has 1 aromatic heterocycles. The fraction of sp³-hybridized carbons (Fsp3) is 0.375. The van der Waals surface area contributed by atoms with Gasteiger partial charge >= 0.3 is 0 Å². The monoisotopic (exact) mass is 543 g/mol. The molecular weight excluding hydrogens is 513 g/mol. The molecule has 38 heavy (non-hydrogen) atoms. The molecule has 0 saturated heterocycles. The van der Waals surface area contributed by atoms with E-state index < -0.39 is 5.91 Å². The van der Waals surface area contributed by atoms with Crippen LogP contribution in [0.3, 0.4) is 0 Å². The number of carbonyl (C=O) groups is 1. The van der Waals surface area contributed by atoms with Crippen LogP contribution in [0.5, 0.6) is 0 Å². The highest BCUT2D eigenvalue weighted by atomic mass is 35.5. The molecule has 0 atom stereocenters. The van der Waals surface area contributed by atoms with E-state index in [1.165, 1.54) is 44.1 Å². The number of nitriles is 1. The van der Waals surface area contributed by atoms with Crippen LogP contribution in [0.2, 0.25) is 10.0 Å². The first-order valence-corrected chi connectivity index (χ1v) is 14.2. The summed E-state index contributed by atoms with van der Waals surface area (Å²) in [5.74, 6) is 2.28. The molecule has 4 nitrogen and oxygen atoms in total. The van der Waals surface area contributed by atoms with Gasteiger partial charge in [0.25, 0.3) is 5.91 Å². The molecule has 0 aliphatic heterocycles. The van der Waals surface area contributed by atoms with Crippen LogP contribution in [0.1, 0.15) is 61.0 Å². The first-order chi connectivity index (χ1) is 18.2. The van der Waals surface area contributed by atoms with Crippen molar-refractivity contribution in [2.24, 2.45) is 17.8 Å². The van der Waals surface area contributed by atoms with Crippen molar-refractivity contribution in [2.45, 2.75) is 57.8 Å². The predicted molar refractivity (Wildman–Crippen MR) is 154 cm³/mol. The molecule has 1 amide bonds. The summed E-state index contributed by atoms with van der Waals surface area (Å²) in [5.41, 5.74) is 6.38. The Morgan fingerprint density at radius 3 is 2.18 bits per heavy atom. The number of rotatable bonds is 5. The van der Waals surface area contributed by atoms with Gasteiger partial charge in [-0.05, 0) is 129 Å². The molecule has 4 saturated carbocycles. The minimum absolute atomic E-state index is 0.0217. The number of anilines is 1. The highest BCUT2D eigenvalue weighted by Gasteiger charge is 2.51. The molecule has 7 rings (SSSR count). The van der Waals surface area contributed by atoms with Crippen LogP contribution in [-0.4, -0.2) is 10.5 Å². The smallest absolute Gasteiger partial charge is 0.266 e. The molecule has 0 spiro atoms. The van der Waals surface area contributed by atoms with Crippen molar-refractivity contribution in [1.29, 1.82) is 5.26 Å². The minimum Gasteiger partial charge on any atom is -0.321 e. The first-order valence-electron chi connectivity index (χ1n) is 13.4. The third-order valence-electron chi connectivity index (χ3n) is 9.09. The summed E-state index contributed by atoms with van der Waals surface area (Å²) in [7, 11) is 0. The van der Waals surface area contributed by atoms with Crippen LogP contribution in [0.15, 0.2) is 54.1 Å². The molecule has 4 aliphatic carbocycles. The second-order valence-corrected chi connectivity index (χ2v) is 12.5. The number of benzene rings is 2. The molecule has 0 radical (unpaired) electrons. The maximum Gasteiger partial charge on any atom is 0.266 e. The summed E-state index contributed by atoms with van der Waals surface area (Å²) >= 11 is 12.0. The number of aromatic nitrogens is 1. The number of halogens is 2. The van der Waals surface area contributed by atoms with Crippen molar-refractivity contribution >= 4 is 40.9 Å². The number of aryl methyl sites for hydroxylation is 1. The number of carbonyl (C=O) groups excluding carboxylic acids is 1. The second kappa shape index (κ2) is 9.63. The van der Waals surface area contributed by atoms with Crippen molar-refractivity contribution in [2.75, 3.05) is 5.32 Å². The summed E-state index contributed by atoms with van der Waals surface area (Å²) in [6, 6.07) is 18.1. The van der Waals surface area contributed by atoms with Crippen molar-refractivity contribution in [3.8, 4) is 11.8 Å². The first kappa shape index (κ1) is 25.3. The molecule has 1 heterocycles. The van der Waals surface area contributed by atoms with Gasteiger partial charge in [0.15, 0.2) is 0 Å². The Morgan fingerprint density at radius 1 is 0.974 bits per heavy atom. The van der Waals surface area contributed by atoms with E-state index in [1.807, 2.05) is 19.1 Å². The molecule has 1 N–H and O–H groups in total. The molecule has 0 unspecified atom stereocenters. The summed E-state index contributed by atoms with van der Waals surface area (Å²) in [5, 5.41) is 13.2. The van der Waals surface area contributed by atoms with Gasteiger partial charge in [-0.1, -0.05) is 35.3 Å². The van der Waals surface area contributed by atoms with Gasteiger partial charge < -0.3 is 9.88 Å². The van der Waals surface area contributed by atoms with E-state index in [0.29, 0.717) is 21.1 Å². The number of amides is 1. The maximum absolute atomic E-state index is 12.8. The number of nitrogens with one attached hydrogen (secondary N) is 1. The lowest BCUT2D eigenvalue weighted by atomic mass is 9.48. The molecule has 194 valence electrons. The van der Waals surface area contributed by atoms with Crippen LogP contribution in [-0.2, 0) is 10.2 Å². The van der Waals surface area contributed by atoms with E-state index in [0.717, 1.165) is 40.4 Å². The van der Waals surface area contributed by atoms with Crippen molar-refractivity contribution in [1.82, 2.24) is 4.57 Å². The highest BCUT2D eigenvalue weighted by Crippen LogP contribution is 2.60. The van der Waals surface area contributed by atoms with Gasteiger partial charge in [-0.15, -0.1) is 0 Å². The Balaban J connectivity index is 1.25. The van der Waals surface area contributed by atoms with Crippen LogP contribution < -0.4 is 5.32 Å². The summed E-state index contributed by atoms with van der Waals surface area (Å²) < 4.78 is 2.20. The third-order valence-corrected chi connectivity index (χ3v) is 9.83. The summed E-state index contributed by atoms with van der Waals surface area (Å²) in [6.07, 6.45) is 10.1. The van der Waals surface area contributed by atoms with Crippen LogP contribution in [0.25, 0.3) is 11.8 Å². The van der Waals surface area contributed by atoms with Gasteiger partial charge in [0.2, 0.25) is 0 Å². The van der Waals surface area contributed by atoms with E-state index >= 15 is 0 Å². The maximum atomic E-state index is 12.8. The zero-order valence-corrected chi connectivity index (χ0v) is 23.2. The molecule has 4 fully saturated rings. The molecule has 4 bridgehead atoms. The van der Waals surface area contributed by atoms with Gasteiger partial charge in [-0.2, -0.15) is 5.26 Å². The fourth-order valence-corrected chi connectivity index (χ4v) is 8.13. The van der Waals surface area contributed by atoms with E-state index in [4.69, 9.17) is 23.2 Å². The number of hydrogen-bond acceptors (Lipinski definition) is 2. The Bertz CT molecular complexity index is 1460. The average molecular weight is 545 g/mol. The highest BCUT2D eigenvalue weighted by molar-refractivity contribution is 6.42. The summed E-state index contributed by atoms with van der Waals surface area (Å²) in [6.45, 7) is 4.08. The third kappa shape index (κ3) is 4.46. The van der Waals surface area contributed by atoms with Crippen molar-refractivity contribution in [3.63, 3.8) is 0 Å². The average Bonchev–Trinajstić information content (AvgIpc) is 3.16. The minimum atomic E-state index is -0.490. The van der Waals surface area contributed by atoms with Gasteiger partial charge in [-0.25, -0.2) is 0 Å². The van der Waals surface area contributed by atoms with Gasteiger partial charge in [0, 0.05) is 22.8 Å². The standard InChI is InChI=1S/C32H31Cl2N3O/c1-19-9-24(13-25(18-35)31(38)36-27-5-8-29(33)30(34)14-27)20(2)37(19)28-6-3-26(4-7-28)32-15-21-10-22(16-32)12-23(11-21)17-32/h3-9,13-14,21-23H,10-12,15-17H2,1-2H3,(H,36,38)/b25-13+. The fourth-order valence-electron chi connectivity index (χ4n) is 7.84.